The van der Waals surface area contributed by atoms with E-state index in [4.69, 9.17) is 21.1 Å². The van der Waals surface area contributed by atoms with Crippen LogP contribution in [0.5, 0.6) is 11.5 Å². The maximum atomic E-state index is 13.4. The normalized spacial score (nSPS) is 14.7. The number of hydrogen-bond donors (Lipinski definition) is 1. The number of rotatable bonds is 12. The molecular formula is C28H37ClN2O4. The molecule has 1 atom stereocenters. The van der Waals surface area contributed by atoms with Crippen molar-refractivity contribution in [3.63, 3.8) is 0 Å². The summed E-state index contributed by atoms with van der Waals surface area (Å²) in [4.78, 5) is 28.3. The van der Waals surface area contributed by atoms with Gasteiger partial charge in [0.15, 0.2) is 0 Å². The van der Waals surface area contributed by atoms with Gasteiger partial charge in [-0.25, -0.2) is 0 Å². The number of methoxy groups -OCH3 is 1. The smallest absolute Gasteiger partial charge is 0.243 e. The molecule has 0 aromatic heterocycles. The third kappa shape index (κ3) is 8.46. The van der Waals surface area contributed by atoms with Crippen molar-refractivity contribution in [2.24, 2.45) is 0 Å². The molecule has 1 N–H and O–H groups in total. The van der Waals surface area contributed by atoms with E-state index in [-0.39, 0.29) is 17.9 Å². The average molecular weight is 501 g/mol. The topological polar surface area (TPSA) is 67.9 Å². The van der Waals surface area contributed by atoms with E-state index < -0.39 is 6.04 Å². The van der Waals surface area contributed by atoms with E-state index in [0.717, 1.165) is 42.7 Å². The van der Waals surface area contributed by atoms with Gasteiger partial charge in [-0.05, 0) is 67.6 Å². The summed E-state index contributed by atoms with van der Waals surface area (Å²) in [6.45, 7) is 2.74. The van der Waals surface area contributed by atoms with Crippen LogP contribution in [0.1, 0.15) is 63.9 Å². The van der Waals surface area contributed by atoms with Crippen molar-refractivity contribution >= 4 is 23.4 Å². The molecule has 2 aromatic rings. The Bertz CT molecular complexity index is 927. The number of carbonyl (C=O) groups is 2. The minimum absolute atomic E-state index is 0.0519. The Balaban J connectivity index is 1.62. The first-order valence-corrected chi connectivity index (χ1v) is 13.0. The molecule has 6 nitrogen and oxygen atoms in total. The molecule has 1 aliphatic rings. The van der Waals surface area contributed by atoms with Gasteiger partial charge in [-0.3, -0.25) is 9.59 Å². The number of benzene rings is 2. The zero-order valence-corrected chi connectivity index (χ0v) is 21.6. The summed E-state index contributed by atoms with van der Waals surface area (Å²) in [6, 6.07) is 14.5. The summed E-state index contributed by atoms with van der Waals surface area (Å²) in [5.41, 5.74) is 0.946. The number of halogens is 1. The van der Waals surface area contributed by atoms with Crippen LogP contribution in [-0.4, -0.2) is 42.5 Å². The summed E-state index contributed by atoms with van der Waals surface area (Å²) in [5, 5.41) is 3.85. The van der Waals surface area contributed by atoms with Gasteiger partial charge in [0.2, 0.25) is 11.8 Å². The Hall–Kier alpha value is -2.73. The van der Waals surface area contributed by atoms with Gasteiger partial charge in [0.05, 0.1) is 13.7 Å². The van der Waals surface area contributed by atoms with Gasteiger partial charge in [-0.1, -0.05) is 49.9 Å². The van der Waals surface area contributed by atoms with E-state index in [9.17, 15) is 9.59 Å². The van der Waals surface area contributed by atoms with Crippen LogP contribution in [0.2, 0.25) is 5.02 Å². The number of nitrogens with zero attached hydrogens (tertiary/aromatic N) is 1. The van der Waals surface area contributed by atoms with Gasteiger partial charge in [0.1, 0.15) is 17.5 Å². The Labute approximate surface area is 213 Å². The van der Waals surface area contributed by atoms with Crippen LogP contribution in [0.3, 0.4) is 0 Å². The molecule has 1 fully saturated rings. The first kappa shape index (κ1) is 26.9. The number of nitrogens with one attached hydrogen (secondary N) is 1. The Kier molecular flexibility index (Phi) is 10.7. The standard InChI is InChI=1S/C28H37ClN2O4/c1-3-26(28(33)30-23-8-5-4-6-9-23)31(20-21-11-13-22(29)14-12-21)27(32)10-7-19-35-25-17-15-24(34-2)16-18-25/h11-18,23,26H,3-10,19-20H2,1-2H3,(H,30,33). The van der Waals surface area contributed by atoms with Gasteiger partial charge in [0, 0.05) is 24.0 Å². The molecule has 0 radical (unpaired) electrons. The highest BCUT2D eigenvalue weighted by molar-refractivity contribution is 6.30. The van der Waals surface area contributed by atoms with E-state index in [0.29, 0.717) is 37.4 Å². The predicted molar refractivity (Wildman–Crippen MR) is 139 cm³/mol. The summed E-state index contributed by atoms with van der Waals surface area (Å²) in [6.07, 6.45) is 6.95. The lowest BCUT2D eigenvalue weighted by molar-refractivity contribution is -0.142. The van der Waals surface area contributed by atoms with Crippen molar-refractivity contribution in [1.82, 2.24) is 10.2 Å². The van der Waals surface area contributed by atoms with E-state index in [2.05, 4.69) is 5.32 Å². The molecule has 2 amide bonds. The first-order valence-electron chi connectivity index (χ1n) is 12.6. The highest BCUT2D eigenvalue weighted by Gasteiger charge is 2.30. The fourth-order valence-corrected chi connectivity index (χ4v) is 4.61. The van der Waals surface area contributed by atoms with E-state index in [1.165, 1.54) is 6.42 Å². The second-order valence-electron chi connectivity index (χ2n) is 9.04. The second-order valence-corrected chi connectivity index (χ2v) is 9.48. The average Bonchev–Trinajstić information content (AvgIpc) is 2.88. The van der Waals surface area contributed by atoms with E-state index in [1.807, 2.05) is 55.5 Å². The van der Waals surface area contributed by atoms with E-state index in [1.54, 1.807) is 12.0 Å². The zero-order valence-electron chi connectivity index (χ0n) is 20.8. The van der Waals surface area contributed by atoms with Crippen molar-refractivity contribution in [2.45, 2.75) is 76.9 Å². The van der Waals surface area contributed by atoms with Crippen molar-refractivity contribution in [1.29, 1.82) is 0 Å². The monoisotopic (exact) mass is 500 g/mol. The van der Waals surface area contributed by atoms with Gasteiger partial charge in [-0.15, -0.1) is 0 Å². The largest absolute Gasteiger partial charge is 0.497 e. The molecule has 0 saturated heterocycles. The number of amides is 2. The molecule has 7 heteroatoms. The molecule has 1 saturated carbocycles. The fraction of sp³-hybridized carbons (Fsp3) is 0.500. The summed E-state index contributed by atoms with van der Waals surface area (Å²) in [7, 11) is 1.62. The van der Waals surface area contributed by atoms with Crippen molar-refractivity contribution in [3.8, 4) is 11.5 Å². The lowest BCUT2D eigenvalue weighted by Crippen LogP contribution is -2.51. The lowest BCUT2D eigenvalue weighted by Gasteiger charge is -2.33. The van der Waals surface area contributed by atoms with Crippen LogP contribution in [0.25, 0.3) is 0 Å². The highest BCUT2D eigenvalue weighted by atomic mass is 35.5. The zero-order chi connectivity index (χ0) is 25.0. The third-order valence-corrected chi connectivity index (χ3v) is 6.72. The van der Waals surface area contributed by atoms with Gasteiger partial charge in [0.25, 0.3) is 0 Å². The minimum atomic E-state index is -0.511. The Morgan fingerprint density at radius 2 is 1.69 bits per heavy atom. The van der Waals surface area contributed by atoms with Gasteiger partial charge in [-0.2, -0.15) is 0 Å². The Morgan fingerprint density at radius 1 is 1.03 bits per heavy atom. The molecule has 2 aromatic carbocycles. The quantitative estimate of drug-likeness (QED) is 0.376. The van der Waals surface area contributed by atoms with Crippen LogP contribution in [-0.2, 0) is 16.1 Å². The molecule has 1 unspecified atom stereocenters. The maximum Gasteiger partial charge on any atom is 0.243 e. The van der Waals surface area contributed by atoms with E-state index >= 15 is 0 Å². The molecule has 35 heavy (non-hydrogen) atoms. The molecule has 0 bridgehead atoms. The summed E-state index contributed by atoms with van der Waals surface area (Å²) in [5.74, 6) is 1.39. The molecule has 0 aliphatic heterocycles. The van der Waals surface area contributed by atoms with Crippen LogP contribution < -0.4 is 14.8 Å². The maximum absolute atomic E-state index is 13.4. The highest BCUT2D eigenvalue weighted by Crippen LogP contribution is 2.21. The van der Waals surface area contributed by atoms with Crippen molar-refractivity contribution < 1.29 is 19.1 Å². The first-order chi connectivity index (χ1) is 17.0. The van der Waals surface area contributed by atoms with Gasteiger partial charge >= 0.3 is 0 Å². The summed E-state index contributed by atoms with van der Waals surface area (Å²) < 4.78 is 10.9. The molecule has 0 spiro atoms. The number of hydrogen-bond acceptors (Lipinski definition) is 4. The minimum Gasteiger partial charge on any atom is -0.497 e. The number of carbonyl (C=O) groups excluding carboxylic acids is 2. The molecule has 1 aliphatic carbocycles. The van der Waals surface area contributed by atoms with Crippen molar-refractivity contribution in [3.05, 3.63) is 59.1 Å². The fourth-order valence-electron chi connectivity index (χ4n) is 4.48. The predicted octanol–water partition coefficient (Wildman–Crippen LogP) is 5.76. The molecule has 0 heterocycles. The third-order valence-electron chi connectivity index (χ3n) is 6.47. The Morgan fingerprint density at radius 3 is 2.31 bits per heavy atom. The van der Waals surface area contributed by atoms with Crippen LogP contribution in [0.15, 0.2) is 48.5 Å². The second kappa shape index (κ2) is 14.0. The van der Waals surface area contributed by atoms with Crippen LogP contribution in [0.4, 0.5) is 0 Å². The molecule has 3 rings (SSSR count). The van der Waals surface area contributed by atoms with Crippen LogP contribution >= 0.6 is 11.6 Å². The SMILES string of the molecule is CCC(C(=O)NC1CCCCC1)N(Cc1ccc(Cl)cc1)C(=O)CCCOc1ccc(OC)cc1. The molecular weight excluding hydrogens is 464 g/mol. The van der Waals surface area contributed by atoms with Gasteiger partial charge < -0.3 is 19.7 Å². The lowest BCUT2D eigenvalue weighted by atomic mass is 9.95. The number of ether oxygens (including phenoxy) is 2. The summed E-state index contributed by atoms with van der Waals surface area (Å²) >= 11 is 6.05. The van der Waals surface area contributed by atoms with Crippen LogP contribution in [0, 0.1) is 0 Å². The van der Waals surface area contributed by atoms with Crippen molar-refractivity contribution in [2.75, 3.05) is 13.7 Å². The molecule has 190 valence electrons.